The third kappa shape index (κ3) is 2.97. The first-order chi connectivity index (χ1) is 20.4. The second-order valence-corrected chi connectivity index (χ2v) is 11.2. The molecule has 3 aliphatic carbocycles. The fourth-order valence-electron chi connectivity index (χ4n) is 7.74. The first kappa shape index (κ1) is 22.7. The Morgan fingerprint density at radius 2 is 1.34 bits per heavy atom. The molecule has 2 unspecified atom stereocenters. The number of aromatic nitrogens is 2. The standard InChI is InChI=1S/C39H26N2/c1-2-13-25(14-3-1)37-29-18-7-11-24-35(29)40-38(41-37)30-19-12-23-34-36(30)28-17-6-10-22-33(28)39(34)31-20-8-4-15-26(31)27-16-5-9-21-32(27)39/h1-15,17-24,27H,16H2. The normalized spacial score (nSPS) is 19.5. The van der Waals surface area contributed by atoms with Gasteiger partial charge in [-0.2, -0.15) is 0 Å². The smallest absolute Gasteiger partial charge is 0.161 e. The van der Waals surface area contributed by atoms with Crippen molar-refractivity contribution in [2.75, 3.05) is 0 Å². The molecular weight excluding hydrogens is 496 g/mol. The Morgan fingerprint density at radius 3 is 2.27 bits per heavy atom. The maximum atomic E-state index is 5.30. The number of hydrogen-bond acceptors (Lipinski definition) is 2. The van der Waals surface area contributed by atoms with Gasteiger partial charge >= 0.3 is 0 Å². The van der Waals surface area contributed by atoms with Gasteiger partial charge in [-0.1, -0.05) is 133 Å². The second kappa shape index (κ2) is 8.46. The molecule has 0 saturated carbocycles. The molecule has 1 spiro atoms. The Kier molecular flexibility index (Phi) is 4.68. The third-order valence-corrected chi connectivity index (χ3v) is 9.29. The number of benzene rings is 5. The van der Waals surface area contributed by atoms with Crippen molar-refractivity contribution in [2.24, 2.45) is 0 Å². The molecule has 0 radical (unpaired) electrons. The van der Waals surface area contributed by atoms with E-state index in [9.17, 15) is 0 Å². The molecule has 41 heavy (non-hydrogen) atoms. The number of nitrogens with zero attached hydrogens (tertiary/aromatic N) is 2. The van der Waals surface area contributed by atoms with Gasteiger partial charge in [0, 0.05) is 22.4 Å². The number of fused-ring (bicyclic) bond motifs is 11. The van der Waals surface area contributed by atoms with Crippen LogP contribution in [0.4, 0.5) is 0 Å². The molecular formula is C39H26N2. The average Bonchev–Trinajstić information content (AvgIpc) is 3.52. The minimum atomic E-state index is -0.312. The topological polar surface area (TPSA) is 25.8 Å². The minimum absolute atomic E-state index is 0.312. The van der Waals surface area contributed by atoms with Crippen LogP contribution in [-0.2, 0) is 5.41 Å². The highest BCUT2D eigenvalue weighted by Crippen LogP contribution is 2.65. The van der Waals surface area contributed by atoms with Crippen LogP contribution in [0.2, 0.25) is 0 Å². The molecule has 2 atom stereocenters. The van der Waals surface area contributed by atoms with Gasteiger partial charge < -0.3 is 0 Å². The quantitative estimate of drug-likeness (QED) is 0.226. The number of allylic oxidation sites excluding steroid dienone is 4. The Morgan fingerprint density at radius 1 is 0.610 bits per heavy atom. The highest BCUT2D eigenvalue weighted by atomic mass is 14.9. The first-order valence-corrected chi connectivity index (χ1v) is 14.4. The van der Waals surface area contributed by atoms with Gasteiger partial charge in [0.25, 0.3) is 0 Å². The molecule has 0 saturated heterocycles. The van der Waals surface area contributed by atoms with Crippen LogP contribution in [-0.4, -0.2) is 9.97 Å². The lowest BCUT2D eigenvalue weighted by Gasteiger charge is -2.32. The van der Waals surface area contributed by atoms with E-state index in [0.29, 0.717) is 5.92 Å². The molecule has 6 aromatic rings. The highest BCUT2D eigenvalue weighted by molar-refractivity contribution is 5.98. The van der Waals surface area contributed by atoms with Gasteiger partial charge in [0.1, 0.15) is 0 Å². The molecule has 5 aromatic carbocycles. The van der Waals surface area contributed by atoms with Crippen LogP contribution < -0.4 is 0 Å². The number of rotatable bonds is 2. The SMILES string of the molecule is C1=CCC2C(=C1)C1(c3ccccc3-c3c(-c4nc(-c5ccccc5)c5ccccc5n4)cccc31)c1ccccc12. The Labute approximate surface area is 239 Å². The predicted molar refractivity (Wildman–Crippen MR) is 167 cm³/mol. The minimum Gasteiger partial charge on any atom is -0.228 e. The molecule has 1 aromatic heterocycles. The van der Waals surface area contributed by atoms with E-state index >= 15 is 0 Å². The molecule has 0 amide bonds. The van der Waals surface area contributed by atoms with Gasteiger partial charge in [0.15, 0.2) is 5.82 Å². The lowest BCUT2D eigenvalue weighted by Crippen LogP contribution is -2.27. The number of para-hydroxylation sites is 1. The van der Waals surface area contributed by atoms with Crippen molar-refractivity contribution in [3.8, 4) is 33.8 Å². The van der Waals surface area contributed by atoms with Crippen LogP contribution in [0.3, 0.4) is 0 Å². The van der Waals surface area contributed by atoms with Crippen LogP contribution >= 0.6 is 0 Å². The molecule has 0 fully saturated rings. The van der Waals surface area contributed by atoms with Crippen molar-refractivity contribution in [3.63, 3.8) is 0 Å². The predicted octanol–water partition coefficient (Wildman–Crippen LogP) is 9.26. The van der Waals surface area contributed by atoms with Gasteiger partial charge in [-0.05, 0) is 51.4 Å². The van der Waals surface area contributed by atoms with Gasteiger partial charge in [0.05, 0.1) is 16.6 Å². The zero-order valence-corrected chi connectivity index (χ0v) is 22.5. The summed E-state index contributed by atoms with van der Waals surface area (Å²) in [6.45, 7) is 0. The van der Waals surface area contributed by atoms with Gasteiger partial charge in [0.2, 0.25) is 0 Å². The van der Waals surface area contributed by atoms with Crippen molar-refractivity contribution < 1.29 is 0 Å². The van der Waals surface area contributed by atoms with Crippen LogP contribution in [0.15, 0.2) is 145 Å². The van der Waals surface area contributed by atoms with E-state index < -0.39 is 0 Å². The summed E-state index contributed by atoms with van der Waals surface area (Å²) in [4.78, 5) is 10.5. The van der Waals surface area contributed by atoms with Crippen molar-refractivity contribution in [1.29, 1.82) is 0 Å². The van der Waals surface area contributed by atoms with E-state index in [1.54, 1.807) is 0 Å². The van der Waals surface area contributed by atoms with Gasteiger partial charge in [-0.15, -0.1) is 0 Å². The molecule has 1 heterocycles. The molecule has 9 rings (SSSR count). The molecule has 3 aliphatic rings. The van der Waals surface area contributed by atoms with Crippen LogP contribution in [0.25, 0.3) is 44.7 Å². The van der Waals surface area contributed by atoms with Crippen molar-refractivity contribution in [2.45, 2.75) is 17.8 Å². The fraction of sp³-hybridized carbons (Fsp3) is 0.0769. The Bertz CT molecular complexity index is 2090. The molecule has 0 N–H and O–H groups in total. The van der Waals surface area contributed by atoms with Crippen LogP contribution in [0.5, 0.6) is 0 Å². The summed E-state index contributed by atoms with van der Waals surface area (Å²) in [6.07, 6.45) is 7.99. The average molecular weight is 523 g/mol. The number of hydrogen-bond donors (Lipinski definition) is 0. The van der Waals surface area contributed by atoms with Gasteiger partial charge in [-0.3, -0.25) is 0 Å². The summed E-state index contributed by atoms with van der Waals surface area (Å²) in [6, 6.07) is 43.7. The van der Waals surface area contributed by atoms with Crippen molar-refractivity contribution in [1.82, 2.24) is 9.97 Å². The first-order valence-electron chi connectivity index (χ1n) is 14.4. The Hall–Kier alpha value is -5.08. The lowest BCUT2D eigenvalue weighted by atomic mass is 9.68. The van der Waals surface area contributed by atoms with Gasteiger partial charge in [-0.25, -0.2) is 9.97 Å². The van der Waals surface area contributed by atoms with E-state index in [1.165, 1.54) is 39.0 Å². The highest BCUT2D eigenvalue weighted by Gasteiger charge is 2.55. The van der Waals surface area contributed by atoms with E-state index in [0.717, 1.165) is 40.0 Å². The van der Waals surface area contributed by atoms with E-state index in [-0.39, 0.29) is 5.41 Å². The van der Waals surface area contributed by atoms with Crippen LogP contribution in [0, 0.1) is 0 Å². The molecule has 192 valence electrons. The van der Waals surface area contributed by atoms with Crippen molar-refractivity contribution in [3.05, 3.63) is 167 Å². The van der Waals surface area contributed by atoms with E-state index in [4.69, 9.17) is 9.97 Å². The maximum absolute atomic E-state index is 5.30. The summed E-state index contributed by atoms with van der Waals surface area (Å²) < 4.78 is 0. The zero-order chi connectivity index (χ0) is 27.0. The summed E-state index contributed by atoms with van der Waals surface area (Å²) in [5.41, 5.74) is 13.4. The maximum Gasteiger partial charge on any atom is 0.161 e. The summed E-state index contributed by atoms with van der Waals surface area (Å²) in [7, 11) is 0. The largest absolute Gasteiger partial charge is 0.228 e. The van der Waals surface area contributed by atoms with E-state index in [1.807, 2.05) is 0 Å². The molecule has 2 heteroatoms. The second-order valence-electron chi connectivity index (χ2n) is 11.2. The summed E-state index contributed by atoms with van der Waals surface area (Å²) in [5.74, 6) is 1.16. The summed E-state index contributed by atoms with van der Waals surface area (Å²) >= 11 is 0. The molecule has 2 nitrogen and oxygen atoms in total. The third-order valence-electron chi connectivity index (χ3n) is 9.29. The molecule has 0 aliphatic heterocycles. The monoisotopic (exact) mass is 522 g/mol. The van der Waals surface area contributed by atoms with E-state index in [2.05, 4.69) is 140 Å². The molecule has 0 bridgehead atoms. The lowest BCUT2D eigenvalue weighted by molar-refractivity contribution is 0.708. The summed E-state index contributed by atoms with van der Waals surface area (Å²) in [5, 5.41) is 1.07. The zero-order valence-electron chi connectivity index (χ0n) is 22.5. The van der Waals surface area contributed by atoms with Crippen LogP contribution in [0.1, 0.15) is 34.6 Å². The van der Waals surface area contributed by atoms with Crippen molar-refractivity contribution >= 4 is 10.9 Å². The Balaban J connectivity index is 1.38. The fourth-order valence-corrected chi connectivity index (χ4v) is 7.74.